The first-order valence-electron chi connectivity index (χ1n) is 5.91. The standard InChI is InChI=1S/C13H19NO2/c1-13(2)6-3-8-14(9-7-13)12-5-4-11(10-15)16-12/h4-5,10H,3,6-9H2,1-2H3. The Morgan fingerprint density at radius 3 is 2.81 bits per heavy atom. The maximum atomic E-state index is 10.6. The van der Waals surface area contributed by atoms with Gasteiger partial charge in [-0.15, -0.1) is 0 Å². The summed E-state index contributed by atoms with van der Waals surface area (Å²) in [4.78, 5) is 12.8. The summed E-state index contributed by atoms with van der Waals surface area (Å²) < 4.78 is 5.45. The van der Waals surface area contributed by atoms with Crippen LogP contribution in [0.4, 0.5) is 5.88 Å². The molecule has 2 rings (SSSR count). The molecule has 1 saturated heterocycles. The van der Waals surface area contributed by atoms with Crippen molar-refractivity contribution in [2.24, 2.45) is 5.41 Å². The van der Waals surface area contributed by atoms with Gasteiger partial charge in [0.2, 0.25) is 0 Å². The first-order chi connectivity index (χ1) is 7.61. The number of anilines is 1. The van der Waals surface area contributed by atoms with E-state index >= 15 is 0 Å². The molecule has 0 radical (unpaired) electrons. The lowest BCUT2D eigenvalue weighted by atomic mass is 9.85. The van der Waals surface area contributed by atoms with Gasteiger partial charge in [0.15, 0.2) is 17.9 Å². The highest BCUT2D eigenvalue weighted by Crippen LogP contribution is 2.31. The van der Waals surface area contributed by atoms with E-state index in [-0.39, 0.29) is 0 Å². The molecule has 0 unspecified atom stereocenters. The van der Waals surface area contributed by atoms with E-state index in [4.69, 9.17) is 4.42 Å². The monoisotopic (exact) mass is 221 g/mol. The van der Waals surface area contributed by atoms with Crippen molar-refractivity contribution in [1.82, 2.24) is 0 Å². The van der Waals surface area contributed by atoms with Gasteiger partial charge in [-0.25, -0.2) is 0 Å². The summed E-state index contributed by atoms with van der Waals surface area (Å²) in [5, 5.41) is 0. The molecule has 1 fully saturated rings. The van der Waals surface area contributed by atoms with Crippen molar-refractivity contribution in [2.45, 2.75) is 33.1 Å². The summed E-state index contributed by atoms with van der Waals surface area (Å²) in [5.41, 5.74) is 0.425. The van der Waals surface area contributed by atoms with Gasteiger partial charge in [-0.05, 0) is 30.7 Å². The van der Waals surface area contributed by atoms with Crippen molar-refractivity contribution >= 4 is 12.2 Å². The smallest absolute Gasteiger partial charge is 0.196 e. The SMILES string of the molecule is CC1(C)CCCN(c2ccc(C=O)o2)CC1. The van der Waals surface area contributed by atoms with Gasteiger partial charge in [0.1, 0.15) is 0 Å². The van der Waals surface area contributed by atoms with Crippen LogP contribution in [0.25, 0.3) is 0 Å². The van der Waals surface area contributed by atoms with Crippen LogP contribution in [0.15, 0.2) is 16.5 Å². The Kier molecular flexibility index (Phi) is 3.03. The molecule has 0 aliphatic carbocycles. The van der Waals surface area contributed by atoms with E-state index < -0.39 is 0 Å². The minimum absolute atomic E-state index is 0.415. The Bertz CT molecular complexity index is 368. The third-order valence-corrected chi connectivity index (χ3v) is 3.38. The largest absolute Gasteiger partial charge is 0.438 e. The highest BCUT2D eigenvalue weighted by atomic mass is 16.4. The van der Waals surface area contributed by atoms with Gasteiger partial charge in [-0.2, -0.15) is 0 Å². The van der Waals surface area contributed by atoms with Crippen LogP contribution < -0.4 is 4.90 Å². The van der Waals surface area contributed by atoms with Crippen LogP contribution in [-0.2, 0) is 0 Å². The molecule has 0 spiro atoms. The lowest BCUT2D eigenvalue weighted by Crippen LogP contribution is -2.24. The molecular weight excluding hydrogens is 202 g/mol. The Labute approximate surface area is 96.4 Å². The van der Waals surface area contributed by atoms with Crippen LogP contribution in [0.1, 0.15) is 43.7 Å². The number of aldehydes is 1. The van der Waals surface area contributed by atoms with E-state index in [9.17, 15) is 4.79 Å². The van der Waals surface area contributed by atoms with Crippen molar-refractivity contribution in [2.75, 3.05) is 18.0 Å². The van der Waals surface area contributed by atoms with Crippen molar-refractivity contribution in [3.05, 3.63) is 17.9 Å². The summed E-state index contributed by atoms with van der Waals surface area (Å²) >= 11 is 0. The minimum atomic E-state index is 0.415. The van der Waals surface area contributed by atoms with Crippen LogP contribution in [0, 0.1) is 5.41 Å². The minimum Gasteiger partial charge on any atom is -0.438 e. The van der Waals surface area contributed by atoms with Gasteiger partial charge in [0.25, 0.3) is 0 Å². The third-order valence-electron chi connectivity index (χ3n) is 3.38. The summed E-state index contributed by atoms with van der Waals surface area (Å²) in [7, 11) is 0. The zero-order valence-electron chi connectivity index (χ0n) is 10.0. The van der Waals surface area contributed by atoms with Crippen LogP contribution >= 0.6 is 0 Å². The predicted molar refractivity (Wildman–Crippen MR) is 63.9 cm³/mol. The molecule has 3 heteroatoms. The number of hydrogen-bond acceptors (Lipinski definition) is 3. The topological polar surface area (TPSA) is 33.5 Å². The molecule has 1 aliphatic rings. The zero-order valence-corrected chi connectivity index (χ0v) is 10.0. The Morgan fingerprint density at radius 1 is 1.31 bits per heavy atom. The van der Waals surface area contributed by atoms with E-state index in [2.05, 4.69) is 18.7 Å². The summed E-state index contributed by atoms with van der Waals surface area (Å²) in [5.74, 6) is 1.25. The number of hydrogen-bond donors (Lipinski definition) is 0. The number of rotatable bonds is 2. The molecule has 3 nitrogen and oxygen atoms in total. The third kappa shape index (κ3) is 2.46. The first-order valence-corrected chi connectivity index (χ1v) is 5.91. The molecule has 88 valence electrons. The highest BCUT2D eigenvalue weighted by Gasteiger charge is 2.24. The van der Waals surface area contributed by atoms with Crippen LogP contribution in [0.2, 0.25) is 0 Å². The molecule has 0 amide bonds. The van der Waals surface area contributed by atoms with Gasteiger partial charge in [-0.3, -0.25) is 4.79 Å². The summed E-state index contributed by atoms with van der Waals surface area (Å²) in [6.07, 6.45) is 4.37. The molecule has 0 atom stereocenters. The van der Waals surface area contributed by atoms with Gasteiger partial charge < -0.3 is 9.32 Å². The molecule has 0 bridgehead atoms. The van der Waals surface area contributed by atoms with E-state index in [1.807, 2.05) is 6.07 Å². The van der Waals surface area contributed by atoms with Crippen molar-refractivity contribution in [1.29, 1.82) is 0 Å². The number of nitrogens with zero attached hydrogens (tertiary/aromatic N) is 1. The molecular formula is C13H19NO2. The van der Waals surface area contributed by atoms with Crippen molar-refractivity contribution < 1.29 is 9.21 Å². The highest BCUT2D eigenvalue weighted by molar-refractivity contribution is 5.71. The molecule has 2 heterocycles. The fraction of sp³-hybridized carbons (Fsp3) is 0.615. The summed E-state index contributed by atoms with van der Waals surface area (Å²) in [6.45, 7) is 6.67. The fourth-order valence-electron chi connectivity index (χ4n) is 2.22. The average molecular weight is 221 g/mol. The van der Waals surface area contributed by atoms with Gasteiger partial charge in [0.05, 0.1) is 0 Å². The second-order valence-corrected chi connectivity index (χ2v) is 5.30. The molecule has 1 aromatic rings. The molecule has 0 saturated carbocycles. The predicted octanol–water partition coefficient (Wildman–Crippen LogP) is 3.11. The van der Waals surface area contributed by atoms with Gasteiger partial charge in [-0.1, -0.05) is 13.8 Å². The quantitative estimate of drug-likeness (QED) is 0.719. The lowest BCUT2D eigenvalue weighted by Gasteiger charge is -2.22. The van der Waals surface area contributed by atoms with E-state index in [0.717, 1.165) is 25.3 Å². The second kappa shape index (κ2) is 4.32. The van der Waals surface area contributed by atoms with E-state index in [0.29, 0.717) is 11.2 Å². The maximum Gasteiger partial charge on any atom is 0.196 e. The molecule has 0 N–H and O–H groups in total. The summed E-state index contributed by atoms with van der Waals surface area (Å²) in [6, 6.07) is 3.63. The van der Waals surface area contributed by atoms with E-state index in [1.165, 1.54) is 19.3 Å². The van der Waals surface area contributed by atoms with Crippen LogP contribution in [0.3, 0.4) is 0 Å². The Balaban J connectivity index is 2.07. The normalized spacial score (nSPS) is 20.5. The molecule has 0 aromatic carbocycles. The zero-order chi connectivity index (χ0) is 11.6. The van der Waals surface area contributed by atoms with Crippen molar-refractivity contribution in [3.8, 4) is 0 Å². The van der Waals surface area contributed by atoms with Crippen LogP contribution in [0.5, 0.6) is 0 Å². The number of carbonyl (C=O) groups is 1. The maximum absolute atomic E-state index is 10.6. The van der Waals surface area contributed by atoms with Gasteiger partial charge >= 0.3 is 0 Å². The van der Waals surface area contributed by atoms with Gasteiger partial charge in [0, 0.05) is 19.2 Å². The lowest BCUT2D eigenvalue weighted by molar-refractivity contribution is 0.110. The van der Waals surface area contributed by atoms with Crippen LogP contribution in [-0.4, -0.2) is 19.4 Å². The molecule has 1 aliphatic heterocycles. The number of furan rings is 1. The average Bonchev–Trinajstić information content (AvgIpc) is 2.64. The Hall–Kier alpha value is -1.25. The Morgan fingerprint density at radius 2 is 2.12 bits per heavy atom. The molecule has 16 heavy (non-hydrogen) atoms. The van der Waals surface area contributed by atoms with E-state index in [1.54, 1.807) is 6.07 Å². The van der Waals surface area contributed by atoms with Crippen molar-refractivity contribution in [3.63, 3.8) is 0 Å². The first kappa shape index (κ1) is 11.2. The molecule has 1 aromatic heterocycles. The number of carbonyl (C=O) groups excluding carboxylic acids is 1. The fourth-order valence-corrected chi connectivity index (χ4v) is 2.22. The second-order valence-electron chi connectivity index (χ2n) is 5.30.